The van der Waals surface area contributed by atoms with Gasteiger partial charge in [-0.05, 0) is 30.7 Å². The van der Waals surface area contributed by atoms with Gasteiger partial charge in [-0.15, -0.1) is 0 Å². The van der Waals surface area contributed by atoms with Gasteiger partial charge < -0.3 is 10.1 Å². The number of hydrogen-bond acceptors (Lipinski definition) is 3. The highest BCUT2D eigenvalue weighted by Gasteiger charge is 2.22. The van der Waals surface area contributed by atoms with Crippen LogP contribution in [-0.4, -0.2) is 24.7 Å². The Balaban J connectivity index is 2.34. The second kappa shape index (κ2) is 7.36. The molecule has 0 fully saturated rings. The first kappa shape index (κ1) is 14.9. The smallest absolute Gasteiger partial charge is 0.0766 e. The molecular weight excluding hydrogens is 248 g/mol. The molecule has 2 unspecified atom stereocenters. The van der Waals surface area contributed by atoms with Crippen LogP contribution in [0.15, 0.2) is 36.5 Å². The normalized spacial score (nSPS) is 14.3. The van der Waals surface area contributed by atoms with Crippen LogP contribution >= 0.6 is 0 Å². The fourth-order valence-electron chi connectivity index (χ4n) is 2.65. The van der Waals surface area contributed by atoms with E-state index in [1.54, 1.807) is 7.11 Å². The number of pyridine rings is 1. The van der Waals surface area contributed by atoms with Gasteiger partial charge in [0.05, 0.1) is 17.7 Å². The zero-order valence-electron chi connectivity index (χ0n) is 12.6. The first-order valence-corrected chi connectivity index (χ1v) is 7.41. The van der Waals surface area contributed by atoms with Gasteiger partial charge in [-0.1, -0.05) is 38.5 Å². The maximum absolute atomic E-state index is 5.68. The summed E-state index contributed by atoms with van der Waals surface area (Å²) in [6.07, 6.45) is 4.31. The lowest BCUT2D eigenvalue weighted by Gasteiger charge is -2.27. The number of methoxy groups -OCH3 is 1. The summed E-state index contributed by atoms with van der Waals surface area (Å²) in [6.45, 7) is 5.23. The summed E-state index contributed by atoms with van der Waals surface area (Å²) in [4.78, 5) is 4.57. The minimum absolute atomic E-state index is 0.183. The third kappa shape index (κ3) is 3.35. The number of benzene rings is 1. The number of para-hydroxylation sites is 1. The molecule has 0 amide bonds. The Morgan fingerprint density at radius 3 is 2.75 bits per heavy atom. The standard InChI is InChI=1S/C17H24N2O/c1-4-8-16(20-3)17(18-5-2)14-11-13-9-6-7-10-15(13)19-12-14/h6-7,9-12,16-18H,4-5,8H2,1-3H3. The number of nitrogens with one attached hydrogen (secondary N) is 1. The molecule has 3 nitrogen and oxygen atoms in total. The number of aromatic nitrogens is 1. The Morgan fingerprint density at radius 2 is 2.05 bits per heavy atom. The number of rotatable bonds is 7. The van der Waals surface area contributed by atoms with Gasteiger partial charge in [-0.2, -0.15) is 0 Å². The molecule has 0 aliphatic carbocycles. The molecule has 0 aliphatic heterocycles. The van der Waals surface area contributed by atoms with E-state index in [4.69, 9.17) is 4.74 Å². The first-order chi connectivity index (χ1) is 9.80. The summed E-state index contributed by atoms with van der Waals surface area (Å²) in [5.41, 5.74) is 2.24. The molecule has 2 aromatic rings. The summed E-state index contributed by atoms with van der Waals surface area (Å²) in [5.74, 6) is 0. The monoisotopic (exact) mass is 272 g/mol. The summed E-state index contributed by atoms with van der Waals surface area (Å²) < 4.78 is 5.68. The third-order valence-corrected chi connectivity index (χ3v) is 3.64. The average Bonchev–Trinajstić information content (AvgIpc) is 2.50. The maximum atomic E-state index is 5.68. The summed E-state index contributed by atoms with van der Waals surface area (Å²) >= 11 is 0. The van der Waals surface area contributed by atoms with Crippen LogP contribution in [0, 0.1) is 0 Å². The molecule has 2 atom stereocenters. The molecule has 108 valence electrons. The molecular formula is C17H24N2O. The van der Waals surface area contributed by atoms with E-state index in [9.17, 15) is 0 Å². The van der Waals surface area contributed by atoms with Crippen molar-refractivity contribution in [2.45, 2.75) is 38.8 Å². The van der Waals surface area contributed by atoms with E-state index in [2.05, 4.69) is 42.3 Å². The SMILES string of the molecule is CCCC(OC)C(NCC)c1cnc2ccccc2c1. The average molecular weight is 272 g/mol. The summed E-state index contributed by atoms with van der Waals surface area (Å²) in [5, 5.41) is 4.71. The molecule has 0 bridgehead atoms. The van der Waals surface area contributed by atoms with E-state index in [1.165, 1.54) is 10.9 Å². The predicted octanol–water partition coefficient (Wildman–Crippen LogP) is 3.70. The fraction of sp³-hybridized carbons (Fsp3) is 0.471. The summed E-state index contributed by atoms with van der Waals surface area (Å²) in [7, 11) is 1.79. The van der Waals surface area contributed by atoms with Gasteiger partial charge in [0, 0.05) is 18.7 Å². The molecule has 1 N–H and O–H groups in total. The zero-order valence-corrected chi connectivity index (χ0v) is 12.6. The van der Waals surface area contributed by atoms with Crippen molar-refractivity contribution in [2.75, 3.05) is 13.7 Å². The maximum Gasteiger partial charge on any atom is 0.0766 e. The lowest BCUT2D eigenvalue weighted by atomic mass is 9.98. The van der Waals surface area contributed by atoms with Crippen LogP contribution in [0.5, 0.6) is 0 Å². The molecule has 0 spiro atoms. The van der Waals surface area contributed by atoms with Crippen molar-refractivity contribution in [3.63, 3.8) is 0 Å². The largest absolute Gasteiger partial charge is 0.379 e. The van der Waals surface area contributed by atoms with Crippen LogP contribution in [0.25, 0.3) is 10.9 Å². The minimum Gasteiger partial charge on any atom is -0.379 e. The van der Waals surface area contributed by atoms with E-state index < -0.39 is 0 Å². The molecule has 0 saturated heterocycles. The van der Waals surface area contributed by atoms with Crippen molar-refractivity contribution < 1.29 is 4.74 Å². The van der Waals surface area contributed by atoms with E-state index in [1.807, 2.05) is 18.3 Å². The summed E-state index contributed by atoms with van der Waals surface area (Å²) in [6, 6.07) is 10.6. The second-order valence-corrected chi connectivity index (χ2v) is 5.06. The Hall–Kier alpha value is -1.45. The lowest BCUT2D eigenvalue weighted by Crippen LogP contribution is -2.33. The number of ether oxygens (including phenoxy) is 1. The van der Waals surface area contributed by atoms with Crippen molar-refractivity contribution in [1.82, 2.24) is 10.3 Å². The Bertz CT molecular complexity index is 541. The van der Waals surface area contributed by atoms with Crippen molar-refractivity contribution >= 4 is 10.9 Å². The van der Waals surface area contributed by atoms with Gasteiger partial charge in [0.15, 0.2) is 0 Å². The van der Waals surface area contributed by atoms with E-state index in [-0.39, 0.29) is 12.1 Å². The lowest BCUT2D eigenvalue weighted by molar-refractivity contribution is 0.0610. The number of likely N-dealkylation sites (N-methyl/N-ethyl adjacent to an activating group) is 1. The Kier molecular flexibility index (Phi) is 5.50. The van der Waals surface area contributed by atoms with Crippen LogP contribution < -0.4 is 5.32 Å². The van der Waals surface area contributed by atoms with E-state index in [0.29, 0.717) is 0 Å². The molecule has 0 aliphatic rings. The van der Waals surface area contributed by atoms with Crippen LogP contribution in [-0.2, 0) is 4.74 Å². The fourth-order valence-corrected chi connectivity index (χ4v) is 2.65. The van der Waals surface area contributed by atoms with Gasteiger partial charge in [-0.25, -0.2) is 0 Å². The van der Waals surface area contributed by atoms with Crippen molar-refractivity contribution in [2.24, 2.45) is 0 Å². The van der Waals surface area contributed by atoms with E-state index >= 15 is 0 Å². The highest BCUT2D eigenvalue weighted by atomic mass is 16.5. The van der Waals surface area contributed by atoms with Gasteiger partial charge in [0.1, 0.15) is 0 Å². The highest BCUT2D eigenvalue weighted by Crippen LogP contribution is 2.24. The van der Waals surface area contributed by atoms with E-state index in [0.717, 1.165) is 24.9 Å². The molecule has 1 aromatic carbocycles. The molecule has 20 heavy (non-hydrogen) atoms. The first-order valence-electron chi connectivity index (χ1n) is 7.41. The van der Waals surface area contributed by atoms with Crippen molar-refractivity contribution in [3.8, 4) is 0 Å². The van der Waals surface area contributed by atoms with Gasteiger partial charge >= 0.3 is 0 Å². The van der Waals surface area contributed by atoms with Crippen LogP contribution in [0.3, 0.4) is 0 Å². The predicted molar refractivity (Wildman–Crippen MR) is 83.9 cm³/mol. The minimum atomic E-state index is 0.183. The number of fused-ring (bicyclic) bond motifs is 1. The number of nitrogens with zero attached hydrogens (tertiary/aromatic N) is 1. The Morgan fingerprint density at radius 1 is 1.25 bits per heavy atom. The van der Waals surface area contributed by atoms with Gasteiger partial charge in [0.2, 0.25) is 0 Å². The van der Waals surface area contributed by atoms with Gasteiger partial charge in [-0.3, -0.25) is 4.98 Å². The zero-order chi connectivity index (χ0) is 14.4. The molecule has 2 rings (SSSR count). The van der Waals surface area contributed by atoms with Crippen molar-refractivity contribution in [3.05, 3.63) is 42.1 Å². The number of hydrogen-bond donors (Lipinski definition) is 1. The van der Waals surface area contributed by atoms with Crippen LogP contribution in [0.1, 0.15) is 38.3 Å². The molecule has 1 aromatic heterocycles. The Labute approximate surface area is 121 Å². The van der Waals surface area contributed by atoms with Crippen LogP contribution in [0.4, 0.5) is 0 Å². The topological polar surface area (TPSA) is 34.1 Å². The molecule has 1 heterocycles. The molecule has 0 saturated carbocycles. The van der Waals surface area contributed by atoms with Crippen molar-refractivity contribution in [1.29, 1.82) is 0 Å². The third-order valence-electron chi connectivity index (χ3n) is 3.64. The molecule has 3 heteroatoms. The molecule has 0 radical (unpaired) electrons. The van der Waals surface area contributed by atoms with Crippen LogP contribution in [0.2, 0.25) is 0 Å². The quantitative estimate of drug-likeness (QED) is 0.834. The van der Waals surface area contributed by atoms with Gasteiger partial charge in [0.25, 0.3) is 0 Å². The highest BCUT2D eigenvalue weighted by molar-refractivity contribution is 5.78. The second-order valence-electron chi connectivity index (χ2n) is 5.06.